The summed E-state index contributed by atoms with van der Waals surface area (Å²) in [6, 6.07) is 0. The Kier molecular flexibility index (Phi) is 3.43. The molecule has 1 nitrogen and oxygen atoms in total. The highest BCUT2D eigenvalue weighted by molar-refractivity contribution is 6.66. The van der Waals surface area contributed by atoms with Crippen molar-refractivity contribution in [2.24, 2.45) is 28.7 Å². The molecule has 1 saturated carbocycles. The quantitative estimate of drug-likeness (QED) is 0.683. The number of nitrogens with zero attached hydrogens (tertiary/aromatic N) is 1. The van der Waals surface area contributed by atoms with Crippen molar-refractivity contribution < 1.29 is 0 Å². The first-order valence-electron chi connectivity index (χ1n) is 7.05. The zero-order valence-corrected chi connectivity index (χ0v) is 11.6. The monoisotopic (exact) mass is 261 g/mol. The van der Waals surface area contributed by atoms with Crippen LogP contribution in [0.15, 0.2) is 41.1 Å². The molecule has 1 fully saturated rings. The SMILES string of the molecule is CC(C1=CC2C=CN=C(Cl)C2C=C1)C1CCCC1. The topological polar surface area (TPSA) is 12.4 Å². The van der Waals surface area contributed by atoms with Crippen LogP contribution in [0.1, 0.15) is 32.6 Å². The lowest BCUT2D eigenvalue weighted by Gasteiger charge is -2.28. The van der Waals surface area contributed by atoms with Gasteiger partial charge in [-0.15, -0.1) is 0 Å². The van der Waals surface area contributed by atoms with Crippen LogP contribution in [0.3, 0.4) is 0 Å². The zero-order chi connectivity index (χ0) is 12.5. The maximum absolute atomic E-state index is 6.16. The molecular formula is C16H20ClN. The fourth-order valence-electron chi connectivity index (χ4n) is 3.47. The Morgan fingerprint density at radius 3 is 2.83 bits per heavy atom. The molecule has 1 heterocycles. The van der Waals surface area contributed by atoms with Gasteiger partial charge in [-0.3, -0.25) is 0 Å². The molecule has 18 heavy (non-hydrogen) atoms. The lowest BCUT2D eigenvalue weighted by atomic mass is 9.78. The molecule has 3 aliphatic rings. The van der Waals surface area contributed by atoms with E-state index in [2.05, 4.69) is 36.2 Å². The van der Waals surface area contributed by atoms with Crippen molar-refractivity contribution in [2.75, 3.05) is 0 Å². The largest absolute Gasteiger partial charge is 0.249 e. The molecule has 3 unspecified atom stereocenters. The van der Waals surface area contributed by atoms with Crippen LogP contribution >= 0.6 is 11.6 Å². The van der Waals surface area contributed by atoms with Gasteiger partial charge in [0, 0.05) is 18.0 Å². The molecule has 0 aromatic heterocycles. The number of aliphatic imine (C=N–C) groups is 1. The summed E-state index contributed by atoms with van der Waals surface area (Å²) in [6.07, 6.45) is 16.6. The van der Waals surface area contributed by atoms with Crippen molar-refractivity contribution in [1.82, 2.24) is 0 Å². The first-order valence-corrected chi connectivity index (χ1v) is 7.43. The Bertz CT molecular complexity index is 438. The van der Waals surface area contributed by atoms with E-state index in [1.807, 2.05) is 6.20 Å². The van der Waals surface area contributed by atoms with Crippen molar-refractivity contribution >= 4 is 16.8 Å². The van der Waals surface area contributed by atoms with E-state index in [-0.39, 0.29) is 5.92 Å². The molecule has 0 spiro atoms. The van der Waals surface area contributed by atoms with Crippen LogP contribution in [-0.4, -0.2) is 5.17 Å². The van der Waals surface area contributed by atoms with Gasteiger partial charge < -0.3 is 0 Å². The van der Waals surface area contributed by atoms with Crippen molar-refractivity contribution in [3.8, 4) is 0 Å². The molecular weight excluding hydrogens is 242 g/mol. The van der Waals surface area contributed by atoms with Crippen molar-refractivity contribution in [3.63, 3.8) is 0 Å². The second-order valence-electron chi connectivity index (χ2n) is 5.76. The summed E-state index contributed by atoms with van der Waals surface area (Å²) < 4.78 is 0. The molecule has 96 valence electrons. The first-order chi connectivity index (χ1) is 8.75. The van der Waals surface area contributed by atoms with Gasteiger partial charge in [0.1, 0.15) is 5.17 Å². The van der Waals surface area contributed by atoms with Gasteiger partial charge in [0.15, 0.2) is 0 Å². The smallest absolute Gasteiger partial charge is 0.113 e. The number of halogens is 1. The molecule has 0 saturated heterocycles. The van der Waals surface area contributed by atoms with Gasteiger partial charge in [0.2, 0.25) is 0 Å². The van der Waals surface area contributed by atoms with Crippen LogP contribution in [0.2, 0.25) is 0 Å². The minimum Gasteiger partial charge on any atom is -0.249 e. The van der Waals surface area contributed by atoms with Crippen LogP contribution in [0.5, 0.6) is 0 Å². The highest BCUT2D eigenvalue weighted by atomic mass is 35.5. The minimum atomic E-state index is 0.274. The van der Waals surface area contributed by atoms with Crippen LogP contribution in [-0.2, 0) is 0 Å². The standard InChI is InChI=1S/C16H20ClN/c1-11(12-4-2-3-5-12)13-6-7-15-14(10-13)8-9-18-16(15)17/h6-12,14-15H,2-5H2,1H3. The predicted octanol–water partition coefficient (Wildman–Crippen LogP) is 4.71. The maximum Gasteiger partial charge on any atom is 0.113 e. The highest BCUT2D eigenvalue weighted by Gasteiger charge is 2.29. The lowest BCUT2D eigenvalue weighted by molar-refractivity contribution is 0.417. The van der Waals surface area contributed by atoms with E-state index in [4.69, 9.17) is 11.6 Å². The van der Waals surface area contributed by atoms with Crippen LogP contribution in [0.25, 0.3) is 0 Å². The third kappa shape index (κ3) is 2.21. The molecule has 1 aliphatic heterocycles. The second-order valence-corrected chi connectivity index (χ2v) is 6.14. The van der Waals surface area contributed by atoms with Crippen molar-refractivity contribution in [1.29, 1.82) is 0 Å². The number of rotatable bonds is 2. The molecule has 2 heteroatoms. The third-order valence-electron chi connectivity index (χ3n) is 4.71. The van der Waals surface area contributed by atoms with Crippen LogP contribution < -0.4 is 0 Å². The van der Waals surface area contributed by atoms with Crippen LogP contribution in [0.4, 0.5) is 0 Å². The van der Waals surface area contributed by atoms with Crippen LogP contribution in [0, 0.1) is 23.7 Å². The summed E-state index contributed by atoms with van der Waals surface area (Å²) >= 11 is 6.16. The molecule has 0 amide bonds. The molecule has 0 N–H and O–H groups in total. The number of hydrogen-bond acceptors (Lipinski definition) is 1. The number of hydrogen-bond donors (Lipinski definition) is 0. The predicted molar refractivity (Wildman–Crippen MR) is 77.8 cm³/mol. The Balaban J connectivity index is 1.77. The van der Waals surface area contributed by atoms with Gasteiger partial charge in [-0.2, -0.15) is 0 Å². The average Bonchev–Trinajstić information content (AvgIpc) is 2.91. The number of fused-ring (bicyclic) bond motifs is 1. The summed E-state index contributed by atoms with van der Waals surface area (Å²) in [4.78, 5) is 4.18. The Morgan fingerprint density at radius 2 is 2.06 bits per heavy atom. The van der Waals surface area contributed by atoms with E-state index in [1.54, 1.807) is 0 Å². The van der Waals surface area contributed by atoms with Crippen molar-refractivity contribution in [2.45, 2.75) is 32.6 Å². The molecule has 0 aromatic carbocycles. The van der Waals surface area contributed by atoms with E-state index in [0.717, 1.165) is 11.1 Å². The lowest BCUT2D eigenvalue weighted by Crippen LogP contribution is -2.22. The van der Waals surface area contributed by atoms with Gasteiger partial charge in [0.05, 0.1) is 0 Å². The van der Waals surface area contributed by atoms with Gasteiger partial charge in [-0.25, -0.2) is 4.99 Å². The molecule has 0 aromatic rings. The fraction of sp³-hybridized carbons (Fsp3) is 0.562. The van der Waals surface area contributed by atoms with Gasteiger partial charge in [0.25, 0.3) is 0 Å². The minimum absolute atomic E-state index is 0.274. The van der Waals surface area contributed by atoms with E-state index in [1.165, 1.54) is 31.3 Å². The van der Waals surface area contributed by atoms with E-state index in [9.17, 15) is 0 Å². The van der Waals surface area contributed by atoms with E-state index >= 15 is 0 Å². The Morgan fingerprint density at radius 1 is 1.28 bits per heavy atom. The summed E-state index contributed by atoms with van der Waals surface area (Å²) in [5, 5.41) is 0.725. The molecule has 2 aliphatic carbocycles. The number of allylic oxidation sites excluding steroid dienone is 5. The summed E-state index contributed by atoms with van der Waals surface area (Å²) in [5.74, 6) is 2.26. The van der Waals surface area contributed by atoms with Gasteiger partial charge in [-0.1, -0.05) is 55.7 Å². The highest BCUT2D eigenvalue weighted by Crippen LogP contribution is 2.39. The normalized spacial score (nSPS) is 33.0. The second kappa shape index (κ2) is 5.05. The molecule has 0 radical (unpaired) electrons. The van der Waals surface area contributed by atoms with Crippen molar-refractivity contribution in [3.05, 3.63) is 36.1 Å². The third-order valence-corrected chi connectivity index (χ3v) is 5.06. The fourth-order valence-corrected chi connectivity index (χ4v) is 3.75. The summed E-state index contributed by atoms with van der Waals surface area (Å²) in [5.41, 5.74) is 1.50. The first kappa shape index (κ1) is 12.2. The van der Waals surface area contributed by atoms with E-state index < -0.39 is 0 Å². The molecule has 0 bridgehead atoms. The zero-order valence-electron chi connectivity index (χ0n) is 10.8. The average molecular weight is 262 g/mol. The molecule has 3 atom stereocenters. The van der Waals surface area contributed by atoms with Gasteiger partial charge in [-0.05, 0) is 30.3 Å². The van der Waals surface area contributed by atoms with E-state index in [0.29, 0.717) is 11.8 Å². The molecule has 3 rings (SSSR count). The summed E-state index contributed by atoms with van der Waals surface area (Å²) in [7, 11) is 0. The summed E-state index contributed by atoms with van der Waals surface area (Å²) in [6.45, 7) is 2.38. The Hall–Kier alpha value is -0.820. The van der Waals surface area contributed by atoms with Gasteiger partial charge >= 0.3 is 0 Å². The Labute approximate surface area is 114 Å². The maximum atomic E-state index is 6.16.